The molecule has 1 aliphatic rings. The standard InChI is InChI=1S/C24H27N3O3/c1-16-3-5-19(6-4-16)30-17(2)14-26-24(28)23-13-20(18-8-11-29-12-9-18)21-15-25-10-7-22(21)27-23/h3-7,10,13,15,17-18H,8-9,11-12,14H2,1-2H3,(H,26,28)/t17-/m0/s1. The summed E-state index contributed by atoms with van der Waals surface area (Å²) < 4.78 is 11.4. The Morgan fingerprint density at radius 2 is 2.00 bits per heavy atom. The number of hydrogen-bond donors (Lipinski definition) is 1. The van der Waals surface area contributed by atoms with Gasteiger partial charge < -0.3 is 14.8 Å². The minimum absolute atomic E-state index is 0.156. The Balaban J connectivity index is 1.47. The van der Waals surface area contributed by atoms with Gasteiger partial charge in [-0.05, 0) is 62.4 Å². The minimum atomic E-state index is -0.193. The summed E-state index contributed by atoms with van der Waals surface area (Å²) >= 11 is 0. The molecule has 0 radical (unpaired) electrons. The quantitative estimate of drug-likeness (QED) is 0.670. The van der Waals surface area contributed by atoms with Gasteiger partial charge in [0, 0.05) is 31.0 Å². The number of nitrogens with one attached hydrogen (secondary N) is 1. The van der Waals surface area contributed by atoms with Crippen molar-refractivity contribution in [1.29, 1.82) is 0 Å². The lowest BCUT2D eigenvalue weighted by atomic mass is 9.89. The first-order chi connectivity index (χ1) is 14.6. The fraction of sp³-hybridized carbons (Fsp3) is 0.375. The highest BCUT2D eigenvalue weighted by Gasteiger charge is 2.21. The van der Waals surface area contributed by atoms with E-state index in [1.165, 1.54) is 5.56 Å². The van der Waals surface area contributed by atoms with Crippen molar-refractivity contribution < 1.29 is 14.3 Å². The van der Waals surface area contributed by atoms with Crippen LogP contribution in [0.5, 0.6) is 5.75 Å². The number of aryl methyl sites for hydroxylation is 1. The number of benzene rings is 1. The first-order valence-corrected chi connectivity index (χ1v) is 10.4. The second-order valence-corrected chi connectivity index (χ2v) is 7.83. The maximum Gasteiger partial charge on any atom is 0.270 e. The van der Waals surface area contributed by atoms with Crippen LogP contribution in [0.3, 0.4) is 0 Å². The van der Waals surface area contributed by atoms with E-state index in [2.05, 4.69) is 15.3 Å². The van der Waals surface area contributed by atoms with Gasteiger partial charge in [-0.1, -0.05) is 17.7 Å². The van der Waals surface area contributed by atoms with Crippen molar-refractivity contribution in [3.8, 4) is 5.75 Å². The maximum atomic E-state index is 12.9. The third kappa shape index (κ3) is 4.76. The molecular formula is C24H27N3O3. The molecule has 1 aromatic carbocycles. The van der Waals surface area contributed by atoms with Crippen LogP contribution in [0.2, 0.25) is 0 Å². The molecule has 6 heteroatoms. The summed E-state index contributed by atoms with van der Waals surface area (Å²) in [5.74, 6) is 0.950. The van der Waals surface area contributed by atoms with Gasteiger partial charge in [0.15, 0.2) is 0 Å². The van der Waals surface area contributed by atoms with Crippen molar-refractivity contribution in [2.45, 2.75) is 38.7 Å². The molecule has 1 aliphatic heterocycles. The van der Waals surface area contributed by atoms with Gasteiger partial charge in [-0.2, -0.15) is 0 Å². The van der Waals surface area contributed by atoms with Crippen LogP contribution in [-0.2, 0) is 4.74 Å². The molecular weight excluding hydrogens is 378 g/mol. The number of amides is 1. The molecule has 1 N–H and O–H groups in total. The largest absolute Gasteiger partial charge is 0.489 e. The number of hydrogen-bond acceptors (Lipinski definition) is 5. The molecule has 0 saturated carbocycles. The van der Waals surface area contributed by atoms with E-state index < -0.39 is 0 Å². The van der Waals surface area contributed by atoms with E-state index in [-0.39, 0.29) is 12.0 Å². The molecule has 1 amide bonds. The van der Waals surface area contributed by atoms with Crippen LogP contribution < -0.4 is 10.1 Å². The number of rotatable bonds is 6. The highest BCUT2D eigenvalue weighted by molar-refractivity contribution is 5.96. The van der Waals surface area contributed by atoms with E-state index >= 15 is 0 Å². The van der Waals surface area contributed by atoms with Gasteiger partial charge in [-0.3, -0.25) is 9.78 Å². The monoisotopic (exact) mass is 405 g/mol. The molecule has 3 aromatic rings. The average Bonchev–Trinajstić information content (AvgIpc) is 2.79. The SMILES string of the molecule is Cc1ccc(O[C@@H](C)CNC(=O)c2cc(C3CCOCC3)c3cnccc3n2)cc1. The van der Waals surface area contributed by atoms with Crippen molar-refractivity contribution in [3.05, 3.63) is 65.6 Å². The third-order valence-electron chi connectivity index (χ3n) is 5.44. The van der Waals surface area contributed by atoms with Crippen molar-refractivity contribution in [3.63, 3.8) is 0 Å². The molecule has 0 bridgehead atoms. The summed E-state index contributed by atoms with van der Waals surface area (Å²) in [6, 6.07) is 11.7. The minimum Gasteiger partial charge on any atom is -0.489 e. The van der Waals surface area contributed by atoms with Crippen LogP contribution in [-0.4, -0.2) is 41.7 Å². The Bertz CT molecular complexity index is 1010. The van der Waals surface area contributed by atoms with Crippen molar-refractivity contribution in [2.75, 3.05) is 19.8 Å². The van der Waals surface area contributed by atoms with Crippen LogP contribution in [0.4, 0.5) is 0 Å². The number of carbonyl (C=O) groups is 1. The molecule has 4 rings (SSSR count). The summed E-state index contributed by atoms with van der Waals surface area (Å²) in [4.78, 5) is 21.7. The van der Waals surface area contributed by atoms with E-state index in [1.54, 1.807) is 6.20 Å². The number of fused-ring (bicyclic) bond motifs is 1. The van der Waals surface area contributed by atoms with Crippen LogP contribution >= 0.6 is 0 Å². The Morgan fingerprint density at radius 1 is 1.23 bits per heavy atom. The van der Waals surface area contributed by atoms with Crippen molar-refractivity contribution in [2.24, 2.45) is 0 Å². The van der Waals surface area contributed by atoms with E-state index in [0.717, 1.165) is 48.3 Å². The summed E-state index contributed by atoms with van der Waals surface area (Å²) in [7, 11) is 0. The van der Waals surface area contributed by atoms with Crippen LogP contribution in [0.1, 0.15) is 47.3 Å². The zero-order chi connectivity index (χ0) is 20.9. The molecule has 1 saturated heterocycles. The van der Waals surface area contributed by atoms with E-state index in [0.29, 0.717) is 18.2 Å². The predicted molar refractivity (Wildman–Crippen MR) is 116 cm³/mol. The molecule has 1 atom stereocenters. The summed E-state index contributed by atoms with van der Waals surface area (Å²) in [6.07, 6.45) is 5.28. The molecule has 0 aliphatic carbocycles. The smallest absolute Gasteiger partial charge is 0.270 e. The van der Waals surface area contributed by atoms with Crippen LogP contribution in [0.15, 0.2) is 48.8 Å². The summed E-state index contributed by atoms with van der Waals surface area (Å²) in [5.41, 5.74) is 3.53. The first kappa shape index (κ1) is 20.3. The highest BCUT2D eigenvalue weighted by Crippen LogP contribution is 2.32. The second-order valence-electron chi connectivity index (χ2n) is 7.83. The van der Waals surface area contributed by atoms with Gasteiger partial charge in [0.2, 0.25) is 0 Å². The molecule has 1 fully saturated rings. The number of carbonyl (C=O) groups excluding carboxylic acids is 1. The van der Waals surface area contributed by atoms with Gasteiger partial charge in [-0.15, -0.1) is 0 Å². The van der Waals surface area contributed by atoms with Gasteiger partial charge >= 0.3 is 0 Å². The number of aromatic nitrogens is 2. The summed E-state index contributed by atoms with van der Waals surface area (Å²) in [5, 5.41) is 3.97. The third-order valence-corrected chi connectivity index (χ3v) is 5.44. The Labute approximate surface area is 176 Å². The molecule has 30 heavy (non-hydrogen) atoms. The van der Waals surface area contributed by atoms with E-state index in [9.17, 15) is 4.79 Å². The molecule has 156 valence electrons. The summed E-state index contributed by atoms with van der Waals surface area (Å²) in [6.45, 7) is 5.85. The van der Waals surface area contributed by atoms with E-state index in [1.807, 2.05) is 56.4 Å². The lowest BCUT2D eigenvalue weighted by Crippen LogP contribution is -2.34. The van der Waals surface area contributed by atoms with Crippen LogP contribution in [0.25, 0.3) is 10.9 Å². The van der Waals surface area contributed by atoms with E-state index in [4.69, 9.17) is 9.47 Å². The van der Waals surface area contributed by atoms with Crippen molar-refractivity contribution in [1.82, 2.24) is 15.3 Å². The second kappa shape index (κ2) is 9.22. The molecule has 2 aromatic heterocycles. The highest BCUT2D eigenvalue weighted by atomic mass is 16.5. The van der Waals surface area contributed by atoms with Gasteiger partial charge in [0.05, 0.1) is 12.1 Å². The van der Waals surface area contributed by atoms with Crippen molar-refractivity contribution >= 4 is 16.8 Å². The lowest BCUT2D eigenvalue weighted by Gasteiger charge is -2.24. The maximum absolute atomic E-state index is 12.9. The average molecular weight is 405 g/mol. The molecule has 3 heterocycles. The Morgan fingerprint density at radius 3 is 2.77 bits per heavy atom. The van der Waals surface area contributed by atoms with Gasteiger partial charge in [0.25, 0.3) is 5.91 Å². The van der Waals surface area contributed by atoms with Crippen LogP contribution in [0, 0.1) is 6.92 Å². The lowest BCUT2D eigenvalue weighted by molar-refractivity contribution is 0.0855. The molecule has 6 nitrogen and oxygen atoms in total. The fourth-order valence-corrected chi connectivity index (χ4v) is 3.77. The Kier molecular flexibility index (Phi) is 6.23. The Hall–Kier alpha value is -2.99. The number of pyridine rings is 2. The fourth-order valence-electron chi connectivity index (χ4n) is 3.77. The molecule has 0 spiro atoms. The topological polar surface area (TPSA) is 73.3 Å². The molecule has 0 unspecified atom stereocenters. The predicted octanol–water partition coefficient (Wildman–Crippen LogP) is 4.03. The zero-order valence-electron chi connectivity index (χ0n) is 17.4. The number of nitrogens with zero attached hydrogens (tertiary/aromatic N) is 2. The number of ether oxygens (including phenoxy) is 2. The zero-order valence-corrected chi connectivity index (χ0v) is 17.4. The van der Waals surface area contributed by atoms with Gasteiger partial charge in [-0.25, -0.2) is 4.98 Å². The first-order valence-electron chi connectivity index (χ1n) is 10.4. The normalized spacial score (nSPS) is 15.7. The van der Waals surface area contributed by atoms with Gasteiger partial charge in [0.1, 0.15) is 17.5 Å².